The van der Waals surface area contributed by atoms with Crippen molar-refractivity contribution in [1.29, 1.82) is 0 Å². The number of hydrogen-bond donors (Lipinski definition) is 4. The normalized spacial score (nSPS) is 26.5. The molecule has 0 bridgehead atoms. The summed E-state index contributed by atoms with van der Waals surface area (Å²) in [6.45, 7) is 3.69. The number of amides is 4. The quantitative estimate of drug-likeness (QED) is 0.148. The number of carbonyl (C=O) groups excluding carboxylic acids is 4. The van der Waals surface area contributed by atoms with Crippen LogP contribution in [0.2, 0.25) is 0 Å². The zero-order valence-electron chi connectivity index (χ0n) is 28.3. The van der Waals surface area contributed by atoms with E-state index < -0.39 is 70.4 Å². The van der Waals surface area contributed by atoms with Crippen molar-refractivity contribution in [2.45, 2.75) is 38.0 Å². The van der Waals surface area contributed by atoms with Crippen LogP contribution in [-0.2, 0) is 24.6 Å². The van der Waals surface area contributed by atoms with Gasteiger partial charge in [-0.25, -0.2) is 9.69 Å². The molecule has 0 radical (unpaired) electrons. The van der Waals surface area contributed by atoms with Crippen molar-refractivity contribution in [3.05, 3.63) is 130 Å². The molecular formula is C41H35N3O8. The predicted octanol–water partition coefficient (Wildman–Crippen LogP) is 5.60. The lowest BCUT2D eigenvalue weighted by atomic mass is 9.49. The maximum atomic E-state index is 15.2. The van der Waals surface area contributed by atoms with Crippen molar-refractivity contribution in [3.63, 3.8) is 0 Å². The molecule has 0 unspecified atom stereocenters. The van der Waals surface area contributed by atoms with Gasteiger partial charge in [0.2, 0.25) is 11.8 Å². The van der Waals surface area contributed by atoms with Gasteiger partial charge in [0.15, 0.2) is 0 Å². The maximum Gasteiger partial charge on any atom is 0.339 e. The number of hydrogen-bond acceptors (Lipinski definition) is 8. The van der Waals surface area contributed by atoms with Crippen molar-refractivity contribution in [3.8, 4) is 11.5 Å². The zero-order chi connectivity index (χ0) is 36.6. The Hall–Kier alpha value is -6.23. The van der Waals surface area contributed by atoms with Crippen LogP contribution in [0, 0.1) is 37.5 Å². The van der Waals surface area contributed by atoms with Gasteiger partial charge in [-0.2, -0.15) is 5.01 Å². The van der Waals surface area contributed by atoms with E-state index in [0.29, 0.717) is 22.4 Å². The van der Waals surface area contributed by atoms with Gasteiger partial charge in [-0.05, 0) is 79.6 Å². The van der Waals surface area contributed by atoms with E-state index in [1.54, 1.807) is 31.2 Å². The topological polar surface area (TPSA) is 165 Å². The molecule has 4 aromatic carbocycles. The van der Waals surface area contributed by atoms with Crippen LogP contribution >= 0.6 is 0 Å². The van der Waals surface area contributed by atoms with Crippen LogP contribution < -0.4 is 10.3 Å². The SMILES string of the molecule is Cc1ccc(NN2C(=O)[C@@H]3C[C@@H]4C(=CC[C@@H]5C(=O)N(c6ccc(C(=O)O)c(O)c6)C(=O)[C@@H]54)[C@H](c4ccc(O)c(C)c4)[C@]3(c3ccccc3)C2=O)cc1. The summed E-state index contributed by atoms with van der Waals surface area (Å²) in [5.41, 5.74) is 5.52. The number of carboxylic acids is 1. The number of rotatable bonds is 6. The smallest absolute Gasteiger partial charge is 0.339 e. The molecule has 2 aliphatic heterocycles. The Morgan fingerprint density at radius 2 is 1.54 bits per heavy atom. The van der Waals surface area contributed by atoms with Crippen LogP contribution in [0.5, 0.6) is 11.5 Å². The minimum Gasteiger partial charge on any atom is -0.508 e. The van der Waals surface area contributed by atoms with Gasteiger partial charge in [0, 0.05) is 12.0 Å². The molecule has 52 heavy (non-hydrogen) atoms. The second-order valence-corrected chi connectivity index (χ2v) is 14.2. The fraction of sp³-hybridized carbons (Fsp3) is 0.244. The van der Waals surface area contributed by atoms with E-state index in [9.17, 15) is 34.5 Å². The van der Waals surface area contributed by atoms with E-state index in [1.165, 1.54) is 6.07 Å². The van der Waals surface area contributed by atoms with Crippen molar-refractivity contribution < 1.29 is 39.3 Å². The van der Waals surface area contributed by atoms with Gasteiger partial charge >= 0.3 is 5.97 Å². The van der Waals surface area contributed by atoms with Crippen molar-refractivity contribution in [2.75, 3.05) is 10.3 Å². The Labute approximate surface area is 298 Å². The van der Waals surface area contributed by atoms with Crippen LogP contribution in [-0.4, -0.2) is 49.9 Å². The van der Waals surface area contributed by atoms with Crippen LogP contribution in [0.25, 0.3) is 0 Å². The van der Waals surface area contributed by atoms with Gasteiger partial charge in [-0.15, -0.1) is 0 Å². The molecule has 11 heteroatoms. The Kier molecular flexibility index (Phi) is 7.56. The number of aromatic hydroxyl groups is 2. The third-order valence-corrected chi connectivity index (χ3v) is 11.4. The number of phenols is 2. The number of anilines is 2. The summed E-state index contributed by atoms with van der Waals surface area (Å²) in [6, 6.07) is 25.2. The summed E-state index contributed by atoms with van der Waals surface area (Å²) < 4.78 is 0. The van der Waals surface area contributed by atoms with E-state index in [2.05, 4.69) is 5.43 Å². The number of hydrazine groups is 1. The molecule has 3 fully saturated rings. The number of carboxylic acid groups (broad SMARTS) is 1. The number of aromatic carboxylic acids is 1. The molecule has 2 aliphatic carbocycles. The van der Waals surface area contributed by atoms with Gasteiger partial charge in [-0.3, -0.25) is 24.6 Å². The molecule has 6 atom stereocenters. The van der Waals surface area contributed by atoms with Crippen LogP contribution in [0.15, 0.2) is 103 Å². The minimum atomic E-state index is -1.45. The fourth-order valence-corrected chi connectivity index (χ4v) is 9.07. The second-order valence-electron chi connectivity index (χ2n) is 14.2. The summed E-state index contributed by atoms with van der Waals surface area (Å²) in [5, 5.41) is 31.5. The summed E-state index contributed by atoms with van der Waals surface area (Å²) in [5.74, 6) is -7.76. The first kappa shape index (κ1) is 32.9. The van der Waals surface area contributed by atoms with Crippen molar-refractivity contribution in [2.24, 2.45) is 23.7 Å². The number of carbonyl (C=O) groups is 5. The van der Waals surface area contributed by atoms with Crippen LogP contribution in [0.3, 0.4) is 0 Å². The molecule has 4 aliphatic rings. The lowest BCUT2D eigenvalue weighted by Crippen LogP contribution is -2.53. The predicted molar refractivity (Wildman–Crippen MR) is 189 cm³/mol. The molecular weight excluding hydrogens is 662 g/mol. The third kappa shape index (κ3) is 4.68. The number of phenolic OH excluding ortho intramolecular Hbond substituents is 1. The molecule has 2 saturated heterocycles. The molecule has 262 valence electrons. The van der Waals surface area contributed by atoms with E-state index in [-0.39, 0.29) is 29.8 Å². The van der Waals surface area contributed by atoms with Crippen LogP contribution in [0.4, 0.5) is 11.4 Å². The summed E-state index contributed by atoms with van der Waals surface area (Å²) in [7, 11) is 0. The highest BCUT2D eigenvalue weighted by molar-refractivity contribution is 6.23. The largest absolute Gasteiger partial charge is 0.508 e. The molecule has 2 heterocycles. The number of nitrogens with one attached hydrogen (secondary N) is 1. The lowest BCUT2D eigenvalue weighted by molar-refractivity contribution is -0.138. The molecule has 4 amide bonds. The zero-order valence-corrected chi connectivity index (χ0v) is 28.3. The highest BCUT2D eigenvalue weighted by Gasteiger charge is 2.70. The number of aryl methyl sites for hydroxylation is 2. The Bertz CT molecular complexity index is 2230. The summed E-state index contributed by atoms with van der Waals surface area (Å²) in [4.78, 5) is 71.0. The number of allylic oxidation sites excluding steroid dienone is 2. The highest BCUT2D eigenvalue weighted by atomic mass is 16.4. The highest BCUT2D eigenvalue weighted by Crippen LogP contribution is 2.64. The summed E-state index contributed by atoms with van der Waals surface area (Å²) in [6.07, 6.45) is 2.22. The number of nitrogens with zero attached hydrogens (tertiary/aromatic N) is 2. The number of fused-ring (bicyclic) bond motifs is 4. The molecule has 0 spiro atoms. The molecule has 1 saturated carbocycles. The van der Waals surface area contributed by atoms with Gasteiger partial charge in [0.1, 0.15) is 17.1 Å². The molecule has 0 aromatic heterocycles. The Morgan fingerprint density at radius 1 is 0.808 bits per heavy atom. The molecule has 11 nitrogen and oxygen atoms in total. The van der Waals surface area contributed by atoms with Crippen molar-refractivity contribution in [1.82, 2.24) is 5.01 Å². The average Bonchev–Trinajstić information content (AvgIpc) is 3.51. The van der Waals surface area contributed by atoms with E-state index in [1.807, 2.05) is 61.5 Å². The monoisotopic (exact) mass is 697 g/mol. The fourth-order valence-electron chi connectivity index (χ4n) is 9.07. The average molecular weight is 698 g/mol. The molecule has 4 N–H and O–H groups in total. The maximum absolute atomic E-state index is 15.2. The van der Waals surface area contributed by atoms with Crippen LogP contribution in [0.1, 0.15) is 51.4 Å². The number of benzene rings is 4. The lowest BCUT2D eigenvalue weighted by Gasteiger charge is -2.50. The van der Waals surface area contributed by atoms with E-state index in [4.69, 9.17) is 0 Å². The third-order valence-electron chi connectivity index (χ3n) is 11.4. The van der Waals surface area contributed by atoms with Gasteiger partial charge in [0.05, 0.1) is 34.5 Å². The minimum absolute atomic E-state index is 0.0502. The Morgan fingerprint density at radius 3 is 2.21 bits per heavy atom. The first-order valence-electron chi connectivity index (χ1n) is 17.1. The van der Waals surface area contributed by atoms with E-state index >= 15 is 4.79 Å². The van der Waals surface area contributed by atoms with Gasteiger partial charge in [-0.1, -0.05) is 71.8 Å². The first-order chi connectivity index (χ1) is 24.9. The molecule has 4 aromatic rings. The standard InChI is InChI=1S/C41H35N3O8/c1-21-8-11-25(12-9-21)42-44-37(48)31-20-30-27(15-16-29-34(30)38(49)43(36(29)47)26-13-14-28(39(50)51)33(46)19-26)35(23-10-17-32(45)22(2)18-23)41(31,40(44)52)24-6-4-3-5-7-24/h3-15,17-19,29-31,34-35,42,45-46H,16,20H2,1-2H3,(H,50,51)/t29-,30+,31-,34-,35-,41+/m0/s1. The van der Waals surface area contributed by atoms with Gasteiger partial charge in [0.25, 0.3) is 11.8 Å². The van der Waals surface area contributed by atoms with E-state index in [0.717, 1.165) is 33.2 Å². The van der Waals surface area contributed by atoms with Gasteiger partial charge < -0.3 is 15.3 Å². The Balaban J connectivity index is 1.30. The second kappa shape index (κ2) is 11.9. The summed E-state index contributed by atoms with van der Waals surface area (Å²) >= 11 is 0. The molecule has 8 rings (SSSR count). The first-order valence-corrected chi connectivity index (χ1v) is 17.1. The van der Waals surface area contributed by atoms with Crippen molar-refractivity contribution >= 4 is 41.0 Å². The number of imide groups is 2.